The van der Waals surface area contributed by atoms with Gasteiger partial charge < -0.3 is 4.74 Å². The normalized spacial score (nSPS) is 16.0. The van der Waals surface area contributed by atoms with Gasteiger partial charge in [-0.2, -0.15) is 0 Å². The molecule has 0 bridgehead atoms. The fourth-order valence-electron chi connectivity index (χ4n) is 2.98. The zero-order valence-corrected chi connectivity index (χ0v) is 13.4. The molecule has 0 amide bonds. The maximum absolute atomic E-state index is 12.0. The molecule has 0 aliphatic heterocycles. The Balaban J connectivity index is 1.89. The second-order valence-electron chi connectivity index (χ2n) is 6.15. The van der Waals surface area contributed by atoms with Crippen molar-refractivity contribution in [3.63, 3.8) is 0 Å². The molecular weight excluding hydrogens is 272 g/mol. The smallest absolute Gasteiger partial charge is 0.309 e. The molecule has 0 heterocycles. The fourth-order valence-corrected chi connectivity index (χ4v) is 2.98. The van der Waals surface area contributed by atoms with Crippen molar-refractivity contribution in [3.05, 3.63) is 53.1 Å². The number of ether oxygens (including phenoxy) is 1. The first-order chi connectivity index (χ1) is 10.6. The second-order valence-corrected chi connectivity index (χ2v) is 6.15. The highest BCUT2D eigenvalue weighted by Gasteiger charge is 2.21. The highest BCUT2D eigenvalue weighted by Crippen LogP contribution is 2.32. The van der Waals surface area contributed by atoms with Crippen LogP contribution >= 0.6 is 0 Å². The van der Waals surface area contributed by atoms with Gasteiger partial charge in [0.1, 0.15) is 6.10 Å². The molecule has 0 spiro atoms. The van der Waals surface area contributed by atoms with Crippen molar-refractivity contribution in [2.24, 2.45) is 5.92 Å². The quantitative estimate of drug-likeness (QED) is 0.760. The van der Waals surface area contributed by atoms with Crippen molar-refractivity contribution in [2.75, 3.05) is 0 Å². The van der Waals surface area contributed by atoms with Crippen LogP contribution in [0.2, 0.25) is 0 Å². The van der Waals surface area contributed by atoms with Gasteiger partial charge in [-0.05, 0) is 47.2 Å². The van der Waals surface area contributed by atoms with Crippen LogP contribution < -0.4 is 0 Å². The minimum atomic E-state index is -0.176. The Labute approximate surface area is 131 Å². The monoisotopic (exact) mass is 294 g/mol. The predicted octanol–water partition coefficient (Wildman–Crippen LogP) is 4.76. The summed E-state index contributed by atoms with van der Waals surface area (Å²) in [5, 5.41) is 2.60. The highest BCUT2D eigenvalue weighted by atomic mass is 16.5. The number of esters is 1. The van der Waals surface area contributed by atoms with E-state index in [9.17, 15) is 4.79 Å². The summed E-state index contributed by atoms with van der Waals surface area (Å²) in [6, 6.07) is 12.8. The molecule has 2 unspecified atom stereocenters. The van der Waals surface area contributed by atoms with Gasteiger partial charge in [0.2, 0.25) is 0 Å². The van der Waals surface area contributed by atoms with Crippen molar-refractivity contribution in [2.45, 2.75) is 39.7 Å². The van der Waals surface area contributed by atoms with Gasteiger partial charge in [-0.1, -0.05) is 56.3 Å². The maximum atomic E-state index is 12.0. The minimum absolute atomic E-state index is 0.0395. The van der Waals surface area contributed by atoms with Crippen LogP contribution in [0.15, 0.2) is 42.0 Å². The van der Waals surface area contributed by atoms with Crippen molar-refractivity contribution >= 4 is 22.8 Å². The summed E-state index contributed by atoms with van der Waals surface area (Å²) in [7, 11) is 0. The Morgan fingerprint density at radius 3 is 2.64 bits per heavy atom. The molecule has 1 aliphatic carbocycles. The first-order valence-corrected chi connectivity index (χ1v) is 8.01. The third-order valence-corrected chi connectivity index (χ3v) is 4.59. The summed E-state index contributed by atoms with van der Waals surface area (Å²) in [6.45, 7) is 5.90. The Morgan fingerprint density at radius 1 is 1.18 bits per heavy atom. The van der Waals surface area contributed by atoms with Gasteiger partial charge in [0.25, 0.3) is 0 Å². The lowest BCUT2D eigenvalue weighted by molar-refractivity contribution is -0.151. The summed E-state index contributed by atoms with van der Waals surface area (Å²) >= 11 is 0. The molecular formula is C20H22O2. The molecule has 0 N–H and O–H groups in total. The average molecular weight is 294 g/mol. The summed E-state index contributed by atoms with van der Waals surface area (Å²) in [4.78, 5) is 12.0. The SMILES string of the molecule is CCC(C)C(=O)OC(C)C1=Cc2cccc3cccc(c23)C1. The van der Waals surface area contributed by atoms with Gasteiger partial charge in [0.05, 0.1) is 5.92 Å². The lowest BCUT2D eigenvalue weighted by atomic mass is 9.87. The first kappa shape index (κ1) is 14.8. The molecule has 0 radical (unpaired) electrons. The Morgan fingerprint density at radius 2 is 1.91 bits per heavy atom. The van der Waals surface area contributed by atoms with E-state index in [0.717, 1.165) is 12.8 Å². The molecule has 3 rings (SSSR count). The van der Waals surface area contributed by atoms with Gasteiger partial charge in [0.15, 0.2) is 0 Å². The van der Waals surface area contributed by atoms with E-state index < -0.39 is 0 Å². The van der Waals surface area contributed by atoms with Crippen LogP contribution in [-0.4, -0.2) is 12.1 Å². The van der Waals surface area contributed by atoms with Crippen molar-refractivity contribution in [1.29, 1.82) is 0 Å². The van der Waals surface area contributed by atoms with Crippen LogP contribution in [0.5, 0.6) is 0 Å². The second kappa shape index (κ2) is 5.96. The predicted molar refractivity (Wildman–Crippen MR) is 90.6 cm³/mol. The van der Waals surface area contributed by atoms with Crippen LogP contribution in [-0.2, 0) is 16.0 Å². The average Bonchev–Trinajstić information content (AvgIpc) is 2.54. The molecule has 0 saturated heterocycles. The summed E-state index contributed by atoms with van der Waals surface area (Å²) in [6.07, 6.45) is 3.67. The van der Waals surface area contributed by atoms with Crippen LogP contribution in [0.1, 0.15) is 38.3 Å². The molecule has 114 valence electrons. The molecule has 2 atom stereocenters. The van der Waals surface area contributed by atoms with E-state index in [1.54, 1.807) is 0 Å². The van der Waals surface area contributed by atoms with Gasteiger partial charge >= 0.3 is 5.97 Å². The van der Waals surface area contributed by atoms with Crippen LogP contribution in [0.3, 0.4) is 0 Å². The van der Waals surface area contributed by atoms with Crippen molar-refractivity contribution in [1.82, 2.24) is 0 Å². The van der Waals surface area contributed by atoms with Crippen molar-refractivity contribution in [3.8, 4) is 0 Å². The number of benzene rings is 2. The summed E-state index contributed by atoms with van der Waals surface area (Å²) in [5.74, 6) is -0.143. The lowest BCUT2D eigenvalue weighted by Crippen LogP contribution is -2.23. The molecule has 0 saturated carbocycles. The van der Waals surface area contributed by atoms with E-state index in [4.69, 9.17) is 4.74 Å². The molecule has 0 aromatic heterocycles. The molecule has 22 heavy (non-hydrogen) atoms. The molecule has 0 fully saturated rings. The number of hydrogen-bond acceptors (Lipinski definition) is 2. The molecule has 2 aromatic carbocycles. The topological polar surface area (TPSA) is 26.3 Å². The zero-order chi connectivity index (χ0) is 15.7. The number of carbonyl (C=O) groups is 1. The van der Waals surface area contributed by atoms with Gasteiger partial charge in [-0.3, -0.25) is 4.79 Å². The zero-order valence-electron chi connectivity index (χ0n) is 13.4. The molecule has 2 aromatic rings. The third kappa shape index (κ3) is 2.66. The van der Waals surface area contributed by atoms with E-state index in [0.29, 0.717) is 0 Å². The highest BCUT2D eigenvalue weighted by molar-refractivity contribution is 5.95. The fraction of sp³-hybridized carbons (Fsp3) is 0.350. The van der Waals surface area contributed by atoms with Crippen LogP contribution in [0, 0.1) is 5.92 Å². The van der Waals surface area contributed by atoms with E-state index in [1.165, 1.54) is 27.5 Å². The molecule has 2 heteroatoms. The third-order valence-electron chi connectivity index (χ3n) is 4.59. The standard InChI is InChI=1S/C20H22O2/c1-4-13(2)20(21)22-14(3)18-11-16-9-5-7-15-8-6-10-17(12-18)19(15)16/h5-11,13-14H,4,12H2,1-3H3. The van der Waals surface area contributed by atoms with E-state index in [2.05, 4.69) is 42.5 Å². The van der Waals surface area contributed by atoms with Crippen molar-refractivity contribution < 1.29 is 9.53 Å². The van der Waals surface area contributed by atoms with Gasteiger partial charge in [-0.15, -0.1) is 0 Å². The van der Waals surface area contributed by atoms with E-state index >= 15 is 0 Å². The van der Waals surface area contributed by atoms with E-state index in [1.807, 2.05) is 20.8 Å². The Kier molecular flexibility index (Phi) is 4.02. The largest absolute Gasteiger partial charge is 0.458 e. The minimum Gasteiger partial charge on any atom is -0.458 e. The Bertz CT molecular complexity index is 737. The number of hydrogen-bond donors (Lipinski definition) is 0. The Hall–Kier alpha value is -2.09. The maximum Gasteiger partial charge on any atom is 0.309 e. The van der Waals surface area contributed by atoms with Crippen LogP contribution in [0.4, 0.5) is 0 Å². The van der Waals surface area contributed by atoms with Crippen LogP contribution in [0.25, 0.3) is 16.8 Å². The summed E-state index contributed by atoms with van der Waals surface area (Å²) < 4.78 is 5.65. The lowest BCUT2D eigenvalue weighted by Gasteiger charge is -2.23. The van der Waals surface area contributed by atoms with Gasteiger partial charge in [0, 0.05) is 0 Å². The van der Waals surface area contributed by atoms with E-state index in [-0.39, 0.29) is 18.0 Å². The van der Waals surface area contributed by atoms with Gasteiger partial charge in [-0.25, -0.2) is 0 Å². The first-order valence-electron chi connectivity index (χ1n) is 8.01. The summed E-state index contributed by atoms with van der Waals surface area (Å²) in [5.41, 5.74) is 3.71. The number of rotatable bonds is 4. The molecule has 1 aliphatic rings. The number of carbonyl (C=O) groups excluding carboxylic acids is 1. The molecule has 2 nitrogen and oxygen atoms in total.